The van der Waals surface area contributed by atoms with Crippen molar-refractivity contribution in [1.82, 2.24) is 10.2 Å². The summed E-state index contributed by atoms with van der Waals surface area (Å²) in [6, 6.07) is 0.656. The molecule has 4 heteroatoms. The second-order valence-electron chi connectivity index (χ2n) is 4.39. The zero-order valence-corrected chi connectivity index (χ0v) is 9.58. The van der Waals surface area contributed by atoms with Crippen LogP contribution in [0.1, 0.15) is 13.3 Å². The summed E-state index contributed by atoms with van der Waals surface area (Å²) in [6.45, 7) is 8.93. The molecule has 0 aromatic heterocycles. The Balaban J connectivity index is 1.72. The Morgan fingerprint density at radius 2 is 2.33 bits per heavy atom. The smallest absolute Gasteiger partial charge is 0.0936 e. The summed E-state index contributed by atoms with van der Waals surface area (Å²) in [4.78, 5) is 2.49. The minimum Gasteiger partial charge on any atom is -0.376 e. The van der Waals surface area contributed by atoms with Crippen molar-refractivity contribution in [1.29, 1.82) is 0 Å². The molecule has 0 aliphatic carbocycles. The Hall–Kier alpha value is -0.160. The third-order valence-electron chi connectivity index (χ3n) is 3.18. The first kappa shape index (κ1) is 11.3. The minimum atomic E-state index is 0.286. The topological polar surface area (TPSA) is 33.7 Å². The van der Waals surface area contributed by atoms with Crippen LogP contribution in [0.25, 0.3) is 0 Å². The lowest BCUT2D eigenvalue weighted by Crippen LogP contribution is -2.53. The zero-order chi connectivity index (χ0) is 10.5. The van der Waals surface area contributed by atoms with Crippen molar-refractivity contribution in [2.75, 3.05) is 46.0 Å². The maximum absolute atomic E-state index is 5.66. The van der Waals surface area contributed by atoms with Gasteiger partial charge in [0, 0.05) is 32.2 Å². The Morgan fingerprint density at radius 3 is 3.07 bits per heavy atom. The summed E-state index contributed by atoms with van der Waals surface area (Å²) >= 11 is 0. The molecule has 2 unspecified atom stereocenters. The highest BCUT2D eigenvalue weighted by Gasteiger charge is 2.22. The molecule has 2 fully saturated rings. The van der Waals surface area contributed by atoms with E-state index in [1.165, 1.54) is 6.42 Å². The molecule has 2 rings (SSSR count). The molecule has 2 heterocycles. The quantitative estimate of drug-likeness (QED) is 0.722. The second kappa shape index (κ2) is 5.80. The van der Waals surface area contributed by atoms with Gasteiger partial charge < -0.3 is 14.8 Å². The summed E-state index contributed by atoms with van der Waals surface area (Å²) in [5, 5.41) is 3.52. The first-order valence-corrected chi connectivity index (χ1v) is 6.03. The summed E-state index contributed by atoms with van der Waals surface area (Å²) < 4.78 is 11.1. The molecule has 0 amide bonds. The van der Waals surface area contributed by atoms with E-state index in [0.717, 1.165) is 46.0 Å². The molecule has 88 valence electrons. The molecule has 0 bridgehead atoms. The summed E-state index contributed by atoms with van der Waals surface area (Å²) in [5.74, 6) is 0. The molecular weight excluding hydrogens is 192 g/mol. The second-order valence-corrected chi connectivity index (χ2v) is 4.39. The minimum absolute atomic E-state index is 0.286. The molecule has 2 aliphatic rings. The number of rotatable bonds is 3. The Bertz CT molecular complexity index is 183. The molecule has 0 radical (unpaired) electrons. The van der Waals surface area contributed by atoms with Crippen molar-refractivity contribution in [3.63, 3.8) is 0 Å². The fraction of sp³-hybridized carbons (Fsp3) is 1.00. The van der Waals surface area contributed by atoms with E-state index in [1.807, 2.05) is 0 Å². The monoisotopic (exact) mass is 214 g/mol. The summed E-state index contributed by atoms with van der Waals surface area (Å²) in [7, 11) is 0. The van der Waals surface area contributed by atoms with Gasteiger partial charge in [0.15, 0.2) is 0 Å². The summed E-state index contributed by atoms with van der Waals surface area (Å²) in [5.41, 5.74) is 0. The fourth-order valence-corrected chi connectivity index (χ4v) is 2.26. The van der Waals surface area contributed by atoms with Crippen molar-refractivity contribution in [3.8, 4) is 0 Å². The van der Waals surface area contributed by atoms with Gasteiger partial charge in [0.1, 0.15) is 0 Å². The number of nitrogens with zero attached hydrogens (tertiary/aromatic N) is 1. The number of ether oxygens (including phenoxy) is 2. The predicted octanol–water partition coefficient (Wildman–Crippen LogP) is 0.0856. The van der Waals surface area contributed by atoms with Crippen LogP contribution in [0.2, 0.25) is 0 Å². The van der Waals surface area contributed by atoms with E-state index in [-0.39, 0.29) is 6.10 Å². The van der Waals surface area contributed by atoms with Crippen LogP contribution in [-0.2, 0) is 9.47 Å². The van der Waals surface area contributed by atoms with Crippen molar-refractivity contribution in [2.45, 2.75) is 25.5 Å². The van der Waals surface area contributed by atoms with Crippen LogP contribution >= 0.6 is 0 Å². The van der Waals surface area contributed by atoms with Gasteiger partial charge in [-0.15, -0.1) is 0 Å². The van der Waals surface area contributed by atoms with Gasteiger partial charge in [-0.2, -0.15) is 0 Å². The van der Waals surface area contributed by atoms with Crippen LogP contribution < -0.4 is 5.32 Å². The van der Waals surface area contributed by atoms with Gasteiger partial charge >= 0.3 is 0 Å². The maximum Gasteiger partial charge on any atom is 0.0936 e. The molecule has 0 spiro atoms. The number of hydrogen-bond donors (Lipinski definition) is 1. The molecule has 4 nitrogen and oxygen atoms in total. The third-order valence-corrected chi connectivity index (χ3v) is 3.18. The van der Waals surface area contributed by atoms with Crippen molar-refractivity contribution in [3.05, 3.63) is 0 Å². The van der Waals surface area contributed by atoms with E-state index in [2.05, 4.69) is 17.1 Å². The van der Waals surface area contributed by atoms with Crippen LogP contribution in [0.4, 0.5) is 0 Å². The molecule has 2 saturated heterocycles. The standard InChI is InChI=1S/C11H22N2O2/c1-2-10-7-13(4-3-12-10)8-11-9-14-5-6-15-11/h10-12H,2-9H2,1H3. The van der Waals surface area contributed by atoms with Gasteiger partial charge in [-0.3, -0.25) is 4.90 Å². The number of piperazine rings is 1. The van der Waals surface area contributed by atoms with E-state index < -0.39 is 0 Å². The highest BCUT2D eigenvalue weighted by atomic mass is 16.6. The van der Waals surface area contributed by atoms with Crippen molar-refractivity contribution >= 4 is 0 Å². The molecular formula is C11H22N2O2. The van der Waals surface area contributed by atoms with Gasteiger partial charge in [-0.25, -0.2) is 0 Å². The maximum atomic E-state index is 5.66. The van der Waals surface area contributed by atoms with E-state index in [9.17, 15) is 0 Å². The largest absolute Gasteiger partial charge is 0.376 e. The van der Waals surface area contributed by atoms with Gasteiger partial charge in [0.2, 0.25) is 0 Å². The lowest BCUT2D eigenvalue weighted by atomic mass is 10.1. The van der Waals surface area contributed by atoms with Gasteiger partial charge in [0.25, 0.3) is 0 Å². The highest BCUT2D eigenvalue weighted by molar-refractivity contribution is 4.79. The molecule has 0 saturated carbocycles. The first-order chi connectivity index (χ1) is 7.38. The van der Waals surface area contributed by atoms with E-state index in [0.29, 0.717) is 6.04 Å². The normalized spacial score (nSPS) is 34.2. The summed E-state index contributed by atoms with van der Waals surface area (Å²) in [6.07, 6.45) is 1.49. The average Bonchev–Trinajstić information content (AvgIpc) is 2.31. The molecule has 1 N–H and O–H groups in total. The van der Waals surface area contributed by atoms with Crippen molar-refractivity contribution in [2.24, 2.45) is 0 Å². The fourth-order valence-electron chi connectivity index (χ4n) is 2.26. The number of nitrogens with one attached hydrogen (secondary N) is 1. The molecule has 15 heavy (non-hydrogen) atoms. The van der Waals surface area contributed by atoms with Crippen LogP contribution in [-0.4, -0.2) is 63.0 Å². The average molecular weight is 214 g/mol. The van der Waals surface area contributed by atoms with Crippen LogP contribution in [0.3, 0.4) is 0 Å². The molecule has 0 aromatic carbocycles. The molecule has 2 atom stereocenters. The van der Waals surface area contributed by atoms with Crippen LogP contribution in [0.15, 0.2) is 0 Å². The van der Waals surface area contributed by atoms with E-state index >= 15 is 0 Å². The number of hydrogen-bond acceptors (Lipinski definition) is 4. The van der Waals surface area contributed by atoms with E-state index in [1.54, 1.807) is 0 Å². The van der Waals surface area contributed by atoms with Gasteiger partial charge in [-0.1, -0.05) is 6.92 Å². The van der Waals surface area contributed by atoms with Crippen molar-refractivity contribution < 1.29 is 9.47 Å². The highest BCUT2D eigenvalue weighted by Crippen LogP contribution is 2.07. The SMILES string of the molecule is CCC1CN(CC2COCCO2)CCN1. The zero-order valence-electron chi connectivity index (χ0n) is 9.58. The molecule has 2 aliphatic heterocycles. The first-order valence-electron chi connectivity index (χ1n) is 6.03. The molecule has 0 aromatic rings. The Kier molecular flexibility index (Phi) is 4.38. The Labute approximate surface area is 91.9 Å². The lowest BCUT2D eigenvalue weighted by Gasteiger charge is -2.36. The van der Waals surface area contributed by atoms with E-state index in [4.69, 9.17) is 9.47 Å². The van der Waals surface area contributed by atoms with Crippen LogP contribution in [0.5, 0.6) is 0 Å². The lowest BCUT2D eigenvalue weighted by molar-refractivity contribution is -0.0990. The third kappa shape index (κ3) is 3.41. The predicted molar refractivity (Wildman–Crippen MR) is 59.1 cm³/mol. The van der Waals surface area contributed by atoms with Gasteiger partial charge in [-0.05, 0) is 6.42 Å². The Morgan fingerprint density at radius 1 is 1.40 bits per heavy atom. The van der Waals surface area contributed by atoms with Gasteiger partial charge in [0.05, 0.1) is 25.9 Å². The van der Waals surface area contributed by atoms with Crippen LogP contribution in [0, 0.1) is 0 Å².